The van der Waals surface area contributed by atoms with Crippen LogP contribution >= 0.6 is 0 Å². The molecule has 0 saturated carbocycles. The van der Waals surface area contributed by atoms with Crippen LogP contribution in [0.15, 0.2) is 12.4 Å². The van der Waals surface area contributed by atoms with Gasteiger partial charge in [-0.3, -0.25) is 4.79 Å². The van der Waals surface area contributed by atoms with E-state index in [1.165, 1.54) is 19.3 Å². The zero-order valence-electron chi connectivity index (χ0n) is 13.1. The van der Waals surface area contributed by atoms with Crippen molar-refractivity contribution < 1.29 is 9.53 Å². The first-order valence-corrected chi connectivity index (χ1v) is 8.10. The Balaban J connectivity index is 1.46. The molecule has 0 unspecified atom stereocenters. The number of carbonyl (C=O) groups excluding carboxylic acids is 1. The van der Waals surface area contributed by atoms with Gasteiger partial charge in [0.2, 0.25) is 5.91 Å². The van der Waals surface area contributed by atoms with Crippen molar-refractivity contribution in [2.45, 2.75) is 52.0 Å². The molecule has 21 heavy (non-hydrogen) atoms. The number of morpholine rings is 1. The van der Waals surface area contributed by atoms with E-state index in [1.807, 2.05) is 24.2 Å². The van der Waals surface area contributed by atoms with E-state index >= 15 is 0 Å². The molecule has 0 spiro atoms. The Morgan fingerprint density at radius 1 is 1.19 bits per heavy atom. The van der Waals surface area contributed by atoms with Gasteiger partial charge in [0.25, 0.3) is 0 Å². The summed E-state index contributed by atoms with van der Waals surface area (Å²) >= 11 is 0. The van der Waals surface area contributed by atoms with E-state index in [0.29, 0.717) is 25.5 Å². The summed E-state index contributed by atoms with van der Waals surface area (Å²) in [6.07, 6.45) is 10.4. The fourth-order valence-electron chi connectivity index (χ4n) is 2.70. The van der Waals surface area contributed by atoms with Gasteiger partial charge in [0.1, 0.15) is 5.82 Å². The van der Waals surface area contributed by atoms with E-state index in [2.05, 4.69) is 9.55 Å². The normalized spacial score (nSPS) is 15.4. The van der Waals surface area contributed by atoms with Crippen LogP contribution in [0.2, 0.25) is 0 Å². The Kier molecular flexibility index (Phi) is 6.73. The Hall–Kier alpha value is -1.36. The molecule has 1 saturated heterocycles. The van der Waals surface area contributed by atoms with Gasteiger partial charge in [-0.1, -0.05) is 19.3 Å². The van der Waals surface area contributed by atoms with Crippen LogP contribution in [-0.4, -0.2) is 46.7 Å². The second-order valence-corrected chi connectivity index (χ2v) is 5.68. The summed E-state index contributed by atoms with van der Waals surface area (Å²) in [4.78, 5) is 18.1. The number of unbranched alkanes of at least 4 members (excludes halogenated alkanes) is 4. The van der Waals surface area contributed by atoms with Crippen molar-refractivity contribution in [3.05, 3.63) is 18.2 Å². The van der Waals surface area contributed by atoms with Gasteiger partial charge >= 0.3 is 0 Å². The molecule has 2 rings (SSSR count). The van der Waals surface area contributed by atoms with Gasteiger partial charge in [-0.05, 0) is 19.8 Å². The topological polar surface area (TPSA) is 47.4 Å². The maximum atomic E-state index is 11.9. The number of imidazole rings is 1. The highest BCUT2D eigenvalue weighted by atomic mass is 16.5. The molecule has 0 atom stereocenters. The lowest BCUT2D eigenvalue weighted by atomic mass is 10.1. The molecule has 1 aliphatic heterocycles. The summed E-state index contributed by atoms with van der Waals surface area (Å²) < 4.78 is 7.45. The first-order chi connectivity index (χ1) is 10.3. The second-order valence-electron chi connectivity index (χ2n) is 5.68. The number of ether oxygens (including phenoxy) is 1. The van der Waals surface area contributed by atoms with Gasteiger partial charge in [0, 0.05) is 38.4 Å². The van der Waals surface area contributed by atoms with Crippen LogP contribution < -0.4 is 0 Å². The average Bonchev–Trinajstić information content (AvgIpc) is 2.92. The van der Waals surface area contributed by atoms with Crippen molar-refractivity contribution in [2.75, 3.05) is 26.3 Å². The summed E-state index contributed by atoms with van der Waals surface area (Å²) in [6.45, 7) is 6.01. The van der Waals surface area contributed by atoms with Gasteiger partial charge in [0.15, 0.2) is 0 Å². The second kappa shape index (κ2) is 8.82. The van der Waals surface area contributed by atoms with Crippen molar-refractivity contribution >= 4 is 5.91 Å². The van der Waals surface area contributed by atoms with Crippen molar-refractivity contribution in [3.8, 4) is 0 Å². The minimum atomic E-state index is 0.298. The molecule has 1 aliphatic rings. The maximum absolute atomic E-state index is 11.9. The standard InChI is InChI=1S/C16H27N3O2/c1-15-17-8-10-18(15)9-6-4-2-3-5-7-16(20)19-11-13-21-14-12-19/h8,10H,2-7,9,11-14H2,1H3. The minimum absolute atomic E-state index is 0.298. The molecular weight excluding hydrogens is 266 g/mol. The summed E-state index contributed by atoms with van der Waals surface area (Å²) in [5, 5.41) is 0. The number of nitrogens with zero attached hydrogens (tertiary/aromatic N) is 3. The third kappa shape index (κ3) is 5.50. The van der Waals surface area contributed by atoms with E-state index < -0.39 is 0 Å². The number of amides is 1. The molecule has 2 heterocycles. The molecule has 1 aromatic heterocycles. The van der Waals surface area contributed by atoms with Crippen LogP contribution in [-0.2, 0) is 16.1 Å². The summed E-state index contributed by atoms with van der Waals surface area (Å²) in [5.41, 5.74) is 0. The quantitative estimate of drug-likeness (QED) is 0.691. The lowest BCUT2D eigenvalue weighted by Crippen LogP contribution is -2.40. The minimum Gasteiger partial charge on any atom is -0.378 e. The number of rotatable bonds is 8. The highest BCUT2D eigenvalue weighted by molar-refractivity contribution is 5.76. The number of hydrogen-bond donors (Lipinski definition) is 0. The molecule has 1 fully saturated rings. The van der Waals surface area contributed by atoms with E-state index in [-0.39, 0.29) is 0 Å². The Morgan fingerprint density at radius 2 is 1.90 bits per heavy atom. The number of hydrogen-bond acceptors (Lipinski definition) is 3. The van der Waals surface area contributed by atoms with E-state index in [4.69, 9.17) is 4.74 Å². The number of carbonyl (C=O) groups is 1. The van der Waals surface area contributed by atoms with Gasteiger partial charge < -0.3 is 14.2 Å². The molecule has 5 heteroatoms. The molecule has 0 N–H and O–H groups in total. The molecule has 0 radical (unpaired) electrons. The SMILES string of the molecule is Cc1nccn1CCCCCCCC(=O)N1CCOCC1. The smallest absolute Gasteiger partial charge is 0.222 e. The predicted octanol–water partition coefficient (Wildman–Crippen LogP) is 2.39. The maximum Gasteiger partial charge on any atom is 0.222 e. The first-order valence-electron chi connectivity index (χ1n) is 8.10. The van der Waals surface area contributed by atoms with Crippen molar-refractivity contribution in [2.24, 2.45) is 0 Å². The highest BCUT2D eigenvalue weighted by Gasteiger charge is 2.15. The lowest BCUT2D eigenvalue weighted by Gasteiger charge is -2.26. The molecule has 0 bridgehead atoms. The summed E-state index contributed by atoms with van der Waals surface area (Å²) in [7, 11) is 0. The van der Waals surface area contributed by atoms with Crippen molar-refractivity contribution in [1.82, 2.24) is 14.5 Å². The van der Waals surface area contributed by atoms with Gasteiger partial charge in [0.05, 0.1) is 13.2 Å². The molecule has 5 nitrogen and oxygen atoms in total. The lowest BCUT2D eigenvalue weighted by molar-refractivity contribution is -0.135. The van der Waals surface area contributed by atoms with Crippen LogP contribution in [0.4, 0.5) is 0 Å². The first kappa shape index (κ1) is 16.0. The Morgan fingerprint density at radius 3 is 2.62 bits per heavy atom. The molecular formula is C16H27N3O2. The van der Waals surface area contributed by atoms with Crippen LogP contribution in [0, 0.1) is 6.92 Å². The monoisotopic (exact) mass is 293 g/mol. The van der Waals surface area contributed by atoms with Gasteiger partial charge in [-0.2, -0.15) is 0 Å². The molecule has 0 aliphatic carbocycles. The Labute approximate surface area is 127 Å². The van der Waals surface area contributed by atoms with Crippen LogP contribution in [0.25, 0.3) is 0 Å². The molecule has 1 aromatic rings. The molecule has 118 valence electrons. The molecule has 0 aromatic carbocycles. The fourth-order valence-corrected chi connectivity index (χ4v) is 2.70. The average molecular weight is 293 g/mol. The van der Waals surface area contributed by atoms with E-state index in [9.17, 15) is 4.79 Å². The predicted molar refractivity (Wildman–Crippen MR) is 82.1 cm³/mol. The summed E-state index contributed by atoms with van der Waals surface area (Å²) in [5.74, 6) is 1.39. The largest absolute Gasteiger partial charge is 0.378 e. The third-order valence-corrected chi connectivity index (χ3v) is 4.08. The van der Waals surface area contributed by atoms with E-state index in [1.54, 1.807) is 0 Å². The van der Waals surface area contributed by atoms with Crippen LogP contribution in [0.3, 0.4) is 0 Å². The molecule has 1 amide bonds. The summed E-state index contributed by atoms with van der Waals surface area (Å²) in [6, 6.07) is 0. The van der Waals surface area contributed by atoms with Crippen LogP contribution in [0.1, 0.15) is 44.3 Å². The number of aromatic nitrogens is 2. The van der Waals surface area contributed by atoms with Crippen molar-refractivity contribution in [1.29, 1.82) is 0 Å². The fraction of sp³-hybridized carbons (Fsp3) is 0.750. The van der Waals surface area contributed by atoms with Gasteiger partial charge in [-0.25, -0.2) is 4.98 Å². The zero-order chi connectivity index (χ0) is 14.9. The third-order valence-electron chi connectivity index (χ3n) is 4.08. The Bertz CT molecular complexity index is 425. The number of aryl methyl sites for hydroxylation is 2. The van der Waals surface area contributed by atoms with Crippen molar-refractivity contribution in [3.63, 3.8) is 0 Å². The van der Waals surface area contributed by atoms with E-state index in [0.717, 1.165) is 38.3 Å². The van der Waals surface area contributed by atoms with Gasteiger partial charge in [-0.15, -0.1) is 0 Å². The zero-order valence-corrected chi connectivity index (χ0v) is 13.1. The van der Waals surface area contributed by atoms with Crippen LogP contribution in [0.5, 0.6) is 0 Å². The highest BCUT2D eigenvalue weighted by Crippen LogP contribution is 2.09.